The molecule has 70 heavy (non-hydrogen) atoms. The Labute approximate surface area is 401 Å². The van der Waals surface area contributed by atoms with Gasteiger partial charge in [-0.15, -0.1) is 0 Å². The third-order valence-electron chi connectivity index (χ3n) is 14.3. The lowest BCUT2D eigenvalue weighted by molar-refractivity contribution is 0.648. The van der Waals surface area contributed by atoms with Crippen molar-refractivity contribution in [1.29, 1.82) is 0 Å². The molecule has 15 rings (SSSR count). The van der Waals surface area contributed by atoms with E-state index >= 15 is 0 Å². The van der Waals surface area contributed by atoms with Crippen molar-refractivity contribution in [3.8, 4) is 40.4 Å². The number of allylic oxidation sites excluding steroid dienone is 4. The normalized spacial score (nSPS) is 14.0. The summed E-state index contributed by atoms with van der Waals surface area (Å²) in [6.07, 6.45) is 9.88. The average molecular weight is 897 g/mol. The lowest BCUT2D eigenvalue weighted by Gasteiger charge is -2.19. The summed E-state index contributed by atoms with van der Waals surface area (Å²) in [4.78, 5) is 21.2. The predicted octanol–water partition coefficient (Wildman–Crippen LogP) is 15.1. The summed E-state index contributed by atoms with van der Waals surface area (Å²) in [5.74, 6) is 3.49. The molecule has 8 nitrogen and oxygen atoms in total. The van der Waals surface area contributed by atoms with E-state index in [1.54, 1.807) is 0 Å². The second-order valence-corrected chi connectivity index (χ2v) is 18.2. The van der Waals surface area contributed by atoms with Gasteiger partial charge < -0.3 is 4.57 Å². The second kappa shape index (κ2) is 15.1. The van der Waals surface area contributed by atoms with Crippen molar-refractivity contribution < 1.29 is 0 Å². The van der Waals surface area contributed by atoms with Crippen molar-refractivity contribution in [2.45, 2.75) is 12.5 Å². The van der Waals surface area contributed by atoms with Crippen LogP contribution >= 0.6 is 0 Å². The summed E-state index contributed by atoms with van der Waals surface area (Å²) in [5.41, 5.74) is 10.7. The molecule has 1 aliphatic rings. The highest BCUT2D eigenvalue weighted by molar-refractivity contribution is 6.23. The van der Waals surface area contributed by atoms with Crippen molar-refractivity contribution in [2.24, 2.45) is 0 Å². The Morgan fingerprint density at radius 2 is 0.829 bits per heavy atom. The first-order valence-electron chi connectivity index (χ1n) is 23.8. The van der Waals surface area contributed by atoms with Gasteiger partial charge in [0.2, 0.25) is 5.95 Å². The highest BCUT2D eigenvalue weighted by atomic mass is 15.2. The summed E-state index contributed by atoms with van der Waals surface area (Å²) in [5, 5.41) is 9.33. The monoisotopic (exact) mass is 896 g/mol. The molecule has 6 aromatic heterocycles. The maximum Gasteiger partial charge on any atom is 0.238 e. The SMILES string of the molecule is C1=CCC(n2c3ccccc3c3ccc4c5ccccc5n(-c5cccc(-n6c7ccccc7c7cc8c(cc76)c6ccccc6n8-c6nc(-c7ccccc7)nc(-c7ccccc7)n6)n5)c4c32)C=C1. The van der Waals surface area contributed by atoms with Gasteiger partial charge in [-0.05, 0) is 55.0 Å². The number of para-hydroxylation sites is 4. The molecule has 0 saturated heterocycles. The highest BCUT2D eigenvalue weighted by Crippen LogP contribution is 2.44. The van der Waals surface area contributed by atoms with E-state index in [0.717, 1.165) is 83.8 Å². The van der Waals surface area contributed by atoms with E-state index in [4.69, 9.17) is 19.9 Å². The van der Waals surface area contributed by atoms with Crippen LogP contribution in [-0.2, 0) is 0 Å². The first-order chi connectivity index (χ1) is 34.7. The standard InChI is InChI=1S/C62H40N8/c1-4-19-39(20-5-1)60-64-61(40-21-6-2-7-22-40)66-62(65-60)69-52-31-16-13-28-45(52)49-37-54-48(38-55(49)69)44-27-12-15-30-51(44)68(54)56-33-18-34-57(63-56)70-53-32-17-11-26-43(53)47-36-35-46-42-25-10-14-29-50(42)67(58(46)59(47)70)41-23-8-3-9-24-41/h1-23,25-38,41H,24H2. The zero-order chi connectivity index (χ0) is 45.9. The summed E-state index contributed by atoms with van der Waals surface area (Å²) in [6, 6.07) is 71.1. The van der Waals surface area contributed by atoms with Crippen LogP contribution in [0, 0.1) is 0 Å². The minimum atomic E-state index is 0.172. The van der Waals surface area contributed by atoms with Gasteiger partial charge in [-0.2, -0.15) is 9.97 Å². The van der Waals surface area contributed by atoms with Crippen LogP contribution in [0.25, 0.3) is 128 Å². The van der Waals surface area contributed by atoms with Crippen molar-refractivity contribution in [1.82, 2.24) is 38.2 Å². The van der Waals surface area contributed by atoms with Crippen molar-refractivity contribution in [2.75, 3.05) is 0 Å². The summed E-state index contributed by atoms with van der Waals surface area (Å²) < 4.78 is 9.50. The number of nitrogens with zero attached hydrogens (tertiary/aromatic N) is 8. The number of aromatic nitrogens is 8. The van der Waals surface area contributed by atoms with E-state index in [0.29, 0.717) is 17.6 Å². The van der Waals surface area contributed by atoms with E-state index < -0.39 is 0 Å². The van der Waals surface area contributed by atoms with E-state index in [1.807, 2.05) is 36.4 Å². The molecular formula is C62H40N8. The average Bonchev–Trinajstić information content (AvgIpc) is 4.16. The van der Waals surface area contributed by atoms with Gasteiger partial charge >= 0.3 is 0 Å². The molecule has 8 heteroatoms. The van der Waals surface area contributed by atoms with Crippen LogP contribution in [-0.4, -0.2) is 38.2 Å². The fourth-order valence-electron chi connectivity index (χ4n) is 11.3. The van der Waals surface area contributed by atoms with Gasteiger partial charge in [0.15, 0.2) is 11.6 Å². The third kappa shape index (κ3) is 5.64. The number of rotatable bonds is 6. The van der Waals surface area contributed by atoms with Gasteiger partial charge in [0.05, 0.1) is 44.7 Å². The molecule has 0 fully saturated rings. The molecule has 0 aliphatic heterocycles. The summed E-state index contributed by atoms with van der Waals surface area (Å²) >= 11 is 0. The molecule has 0 saturated carbocycles. The molecule has 1 aliphatic carbocycles. The molecule has 14 aromatic rings. The number of hydrogen-bond acceptors (Lipinski definition) is 4. The first-order valence-corrected chi connectivity index (χ1v) is 23.8. The topological polar surface area (TPSA) is 71.3 Å². The lowest BCUT2D eigenvalue weighted by Crippen LogP contribution is -2.08. The molecule has 1 atom stereocenters. The Bertz CT molecular complexity index is 4450. The number of benzene rings is 8. The number of hydrogen-bond donors (Lipinski definition) is 0. The first kappa shape index (κ1) is 38.7. The largest absolute Gasteiger partial charge is 0.331 e. The molecular weight excluding hydrogens is 857 g/mol. The van der Waals surface area contributed by atoms with Crippen LogP contribution in [0.4, 0.5) is 0 Å². The van der Waals surface area contributed by atoms with E-state index in [2.05, 4.69) is 206 Å². The van der Waals surface area contributed by atoms with E-state index in [9.17, 15) is 0 Å². The Morgan fingerprint density at radius 1 is 0.343 bits per heavy atom. The maximum absolute atomic E-state index is 5.69. The van der Waals surface area contributed by atoms with Crippen LogP contribution in [0.15, 0.2) is 224 Å². The van der Waals surface area contributed by atoms with Crippen LogP contribution in [0.1, 0.15) is 12.5 Å². The molecule has 0 bridgehead atoms. The fourth-order valence-corrected chi connectivity index (χ4v) is 11.3. The van der Waals surface area contributed by atoms with Crippen molar-refractivity contribution in [3.05, 3.63) is 224 Å². The third-order valence-corrected chi connectivity index (χ3v) is 14.3. The number of fused-ring (bicyclic) bond motifs is 13. The van der Waals surface area contributed by atoms with Gasteiger partial charge in [0.1, 0.15) is 11.6 Å². The summed E-state index contributed by atoms with van der Waals surface area (Å²) in [7, 11) is 0. The van der Waals surface area contributed by atoms with Gasteiger partial charge in [0.25, 0.3) is 0 Å². The molecule has 0 N–H and O–H groups in total. The molecule has 328 valence electrons. The van der Waals surface area contributed by atoms with Gasteiger partial charge in [-0.25, -0.2) is 9.97 Å². The smallest absolute Gasteiger partial charge is 0.238 e. The molecule has 0 amide bonds. The zero-order valence-electron chi connectivity index (χ0n) is 37.7. The van der Waals surface area contributed by atoms with Crippen molar-refractivity contribution >= 4 is 87.2 Å². The zero-order valence-corrected chi connectivity index (χ0v) is 37.7. The van der Waals surface area contributed by atoms with Gasteiger partial charge in [-0.3, -0.25) is 13.7 Å². The Kier molecular flexibility index (Phi) is 8.32. The molecule has 8 aromatic carbocycles. The summed E-state index contributed by atoms with van der Waals surface area (Å²) in [6.45, 7) is 0. The Hall–Kier alpha value is -9.40. The lowest BCUT2D eigenvalue weighted by atomic mass is 10.1. The van der Waals surface area contributed by atoms with E-state index in [1.165, 1.54) is 32.6 Å². The minimum absolute atomic E-state index is 0.172. The second-order valence-electron chi connectivity index (χ2n) is 18.2. The van der Waals surface area contributed by atoms with Gasteiger partial charge in [-0.1, -0.05) is 176 Å². The van der Waals surface area contributed by atoms with Crippen LogP contribution < -0.4 is 0 Å². The molecule has 6 heterocycles. The molecule has 0 spiro atoms. The number of pyridine rings is 1. The molecule has 0 radical (unpaired) electrons. The van der Waals surface area contributed by atoms with Crippen LogP contribution in [0.5, 0.6) is 0 Å². The highest BCUT2D eigenvalue weighted by Gasteiger charge is 2.25. The molecule has 1 unspecified atom stereocenters. The van der Waals surface area contributed by atoms with Gasteiger partial charge in [0, 0.05) is 59.7 Å². The maximum atomic E-state index is 5.69. The van der Waals surface area contributed by atoms with Crippen molar-refractivity contribution in [3.63, 3.8) is 0 Å². The Morgan fingerprint density at radius 3 is 1.43 bits per heavy atom. The van der Waals surface area contributed by atoms with Crippen LogP contribution in [0.3, 0.4) is 0 Å². The quantitative estimate of drug-likeness (QED) is 0.167. The Balaban J connectivity index is 0.985. The fraction of sp³-hybridized carbons (Fsp3) is 0.0323. The predicted molar refractivity (Wildman–Crippen MR) is 286 cm³/mol. The van der Waals surface area contributed by atoms with Crippen LogP contribution in [0.2, 0.25) is 0 Å². The van der Waals surface area contributed by atoms with E-state index in [-0.39, 0.29) is 6.04 Å². The minimum Gasteiger partial charge on any atom is -0.331 e.